The molecule has 1 aromatic heterocycles. The van der Waals surface area contributed by atoms with Gasteiger partial charge in [0.05, 0.1) is 5.69 Å². The highest BCUT2D eigenvalue weighted by Crippen LogP contribution is 2.28. The van der Waals surface area contributed by atoms with E-state index in [2.05, 4.69) is 28.3 Å². The van der Waals surface area contributed by atoms with Crippen LogP contribution >= 0.6 is 0 Å². The molecule has 0 unspecified atom stereocenters. The van der Waals surface area contributed by atoms with E-state index >= 15 is 0 Å². The maximum Gasteiger partial charge on any atom is 0.103 e. The monoisotopic (exact) mass is 214 g/mol. The van der Waals surface area contributed by atoms with Crippen molar-refractivity contribution in [2.75, 3.05) is 0 Å². The molecule has 0 amide bonds. The molecule has 1 aromatic carbocycles. The summed E-state index contributed by atoms with van der Waals surface area (Å²) in [5.74, 6) is 0. The van der Waals surface area contributed by atoms with Crippen LogP contribution in [0, 0.1) is 0 Å². The van der Waals surface area contributed by atoms with Crippen molar-refractivity contribution in [3.8, 4) is 0 Å². The Labute approximate surface area is 93.8 Å². The molecular weight excluding hydrogens is 200 g/mol. The molecule has 16 heavy (non-hydrogen) atoms. The minimum absolute atomic E-state index is 0.795. The number of benzene rings is 1. The second kappa shape index (κ2) is 3.67. The average Bonchev–Trinajstić information content (AvgIpc) is 2.56. The lowest BCUT2D eigenvalue weighted by Gasteiger charge is -1.98. The number of aryl methyl sites for hydroxylation is 1. The second-order valence-electron chi connectivity index (χ2n) is 4.28. The van der Waals surface area contributed by atoms with Crippen LogP contribution in [-0.2, 0) is 6.42 Å². The number of hydrogen-bond donors (Lipinski definition) is 2. The first-order chi connectivity index (χ1) is 7.90. The molecule has 3 heteroatoms. The van der Waals surface area contributed by atoms with E-state index in [4.69, 9.17) is 5.21 Å². The van der Waals surface area contributed by atoms with Gasteiger partial charge in [-0.2, -0.15) is 0 Å². The lowest BCUT2D eigenvalue weighted by molar-refractivity contribution is 0.318. The highest BCUT2D eigenvalue weighted by Gasteiger charge is 2.18. The molecule has 2 aromatic rings. The zero-order valence-electron chi connectivity index (χ0n) is 9.03. The van der Waals surface area contributed by atoms with Crippen molar-refractivity contribution < 1.29 is 5.21 Å². The molecule has 0 radical (unpaired) electrons. The first-order valence-electron chi connectivity index (χ1n) is 5.71. The molecule has 0 spiro atoms. The van der Waals surface area contributed by atoms with E-state index in [1.807, 2.05) is 6.07 Å². The van der Waals surface area contributed by atoms with Crippen LogP contribution in [0.15, 0.2) is 29.4 Å². The number of para-hydroxylation sites is 1. The zero-order valence-corrected chi connectivity index (χ0v) is 9.03. The maximum atomic E-state index is 9.06. The summed E-state index contributed by atoms with van der Waals surface area (Å²) in [6.07, 6.45) is 4.18. The Morgan fingerprint density at radius 1 is 1.12 bits per heavy atom. The minimum atomic E-state index is 0.795. The summed E-state index contributed by atoms with van der Waals surface area (Å²) in [5, 5.41) is 13.7. The summed E-state index contributed by atoms with van der Waals surface area (Å²) >= 11 is 0. The van der Waals surface area contributed by atoms with Gasteiger partial charge in [-0.05, 0) is 37.3 Å². The van der Waals surface area contributed by atoms with Gasteiger partial charge in [0.1, 0.15) is 5.71 Å². The fourth-order valence-corrected chi connectivity index (χ4v) is 2.53. The number of fused-ring (bicyclic) bond motifs is 3. The van der Waals surface area contributed by atoms with Crippen molar-refractivity contribution in [1.82, 2.24) is 4.98 Å². The molecule has 82 valence electrons. The number of oxime groups is 1. The normalized spacial score (nSPS) is 18.6. The highest BCUT2D eigenvalue weighted by atomic mass is 16.4. The Kier molecular flexibility index (Phi) is 2.17. The first kappa shape index (κ1) is 9.46. The lowest BCUT2D eigenvalue weighted by atomic mass is 10.1. The van der Waals surface area contributed by atoms with Gasteiger partial charge in [0, 0.05) is 10.9 Å². The molecule has 0 atom stereocenters. The van der Waals surface area contributed by atoms with E-state index in [1.54, 1.807) is 0 Å². The van der Waals surface area contributed by atoms with Gasteiger partial charge in [0.2, 0.25) is 0 Å². The van der Waals surface area contributed by atoms with E-state index < -0.39 is 0 Å². The number of H-pyrrole nitrogens is 1. The predicted octanol–water partition coefficient (Wildman–Crippen LogP) is 3.07. The van der Waals surface area contributed by atoms with Crippen LogP contribution in [-0.4, -0.2) is 15.9 Å². The topological polar surface area (TPSA) is 48.4 Å². The summed E-state index contributed by atoms with van der Waals surface area (Å²) in [6.45, 7) is 0. The van der Waals surface area contributed by atoms with Gasteiger partial charge in [-0.15, -0.1) is 0 Å². The highest BCUT2D eigenvalue weighted by molar-refractivity contribution is 6.05. The molecule has 0 saturated carbocycles. The molecule has 0 saturated heterocycles. The van der Waals surface area contributed by atoms with Crippen molar-refractivity contribution >= 4 is 16.6 Å². The molecule has 1 aliphatic rings. The van der Waals surface area contributed by atoms with Crippen LogP contribution < -0.4 is 0 Å². The lowest BCUT2D eigenvalue weighted by Crippen LogP contribution is -2.01. The van der Waals surface area contributed by atoms with E-state index in [0.717, 1.165) is 42.6 Å². The summed E-state index contributed by atoms with van der Waals surface area (Å²) < 4.78 is 0. The molecule has 3 nitrogen and oxygen atoms in total. The Morgan fingerprint density at radius 2 is 1.94 bits per heavy atom. The standard InChI is InChI=1S/C13H14N2O/c16-15-12-8-4-2-6-10-9-5-1-3-7-11(9)14-13(10)12/h1,3,5,7,14,16H,2,4,6,8H2/b15-12+. The van der Waals surface area contributed by atoms with E-state index in [1.165, 1.54) is 10.9 Å². The third kappa shape index (κ3) is 1.32. The Balaban J connectivity index is 2.29. The summed E-state index contributed by atoms with van der Waals surface area (Å²) in [5.41, 5.74) is 4.27. The fraction of sp³-hybridized carbons (Fsp3) is 0.308. The second-order valence-corrected chi connectivity index (χ2v) is 4.28. The van der Waals surface area contributed by atoms with Crippen LogP contribution in [0.25, 0.3) is 10.9 Å². The van der Waals surface area contributed by atoms with Gasteiger partial charge in [-0.1, -0.05) is 23.4 Å². The number of nitrogens with zero attached hydrogens (tertiary/aromatic N) is 1. The average molecular weight is 214 g/mol. The first-order valence-corrected chi connectivity index (χ1v) is 5.71. The van der Waals surface area contributed by atoms with Crippen LogP contribution in [0.2, 0.25) is 0 Å². The predicted molar refractivity (Wildman–Crippen MR) is 64.2 cm³/mol. The van der Waals surface area contributed by atoms with Crippen LogP contribution in [0.5, 0.6) is 0 Å². The number of nitrogens with one attached hydrogen (secondary N) is 1. The molecule has 1 heterocycles. The molecule has 0 aliphatic heterocycles. The Hall–Kier alpha value is -1.77. The van der Waals surface area contributed by atoms with Gasteiger partial charge in [0.15, 0.2) is 0 Å². The number of aromatic amines is 1. The number of hydrogen-bond acceptors (Lipinski definition) is 2. The Bertz CT molecular complexity index is 554. The fourth-order valence-electron chi connectivity index (χ4n) is 2.53. The number of rotatable bonds is 0. The van der Waals surface area contributed by atoms with Gasteiger partial charge >= 0.3 is 0 Å². The maximum absolute atomic E-state index is 9.06. The van der Waals surface area contributed by atoms with Crippen molar-refractivity contribution in [2.24, 2.45) is 5.16 Å². The van der Waals surface area contributed by atoms with Crippen molar-refractivity contribution in [1.29, 1.82) is 0 Å². The summed E-state index contributed by atoms with van der Waals surface area (Å²) in [6, 6.07) is 8.27. The zero-order chi connectivity index (χ0) is 11.0. The molecule has 1 aliphatic carbocycles. The third-order valence-electron chi connectivity index (χ3n) is 3.31. The van der Waals surface area contributed by atoms with E-state index in [9.17, 15) is 0 Å². The smallest absolute Gasteiger partial charge is 0.103 e. The molecule has 3 rings (SSSR count). The SMILES string of the molecule is O/N=C1\CCCCc2c1[nH]c1ccccc21. The molecule has 0 bridgehead atoms. The van der Waals surface area contributed by atoms with Crippen LogP contribution in [0.1, 0.15) is 30.5 Å². The van der Waals surface area contributed by atoms with Crippen LogP contribution in [0.3, 0.4) is 0 Å². The third-order valence-corrected chi connectivity index (χ3v) is 3.31. The largest absolute Gasteiger partial charge is 0.411 e. The Morgan fingerprint density at radius 3 is 2.81 bits per heavy atom. The van der Waals surface area contributed by atoms with Crippen LogP contribution in [0.4, 0.5) is 0 Å². The molecule has 0 fully saturated rings. The van der Waals surface area contributed by atoms with Gasteiger partial charge in [-0.25, -0.2) is 0 Å². The van der Waals surface area contributed by atoms with Crippen molar-refractivity contribution in [3.63, 3.8) is 0 Å². The number of aromatic nitrogens is 1. The van der Waals surface area contributed by atoms with Crippen molar-refractivity contribution in [3.05, 3.63) is 35.5 Å². The summed E-state index contributed by atoms with van der Waals surface area (Å²) in [4.78, 5) is 3.37. The van der Waals surface area contributed by atoms with E-state index in [0.29, 0.717) is 0 Å². The molecule has 2 N–H and O–H groups in total. The van der Waals surface area contributed by atoms with Gasteiger partial charge in [-0.3, -0.25) is 0 Å². The molecular formula is C13H14N2O. The minimum Gasteiger partial charge on any atom is -0.411 e. The van der Waals surface area contributed by atoms with E-state index in [-0.39, 0.29) is 0 Å². The summed E-state index contributed by atoms with van der Waals surface area (Å²) in [7, 11) is 0. The van der Waals surface area contributed by atoms with Gasteiger partial charge < -0.3 is 10.2 Å². The van der Waals surface area contributed by atoms with Gasteiger partial charge in [0.25, 0.3) is 0 Å². The quantitative estimate of drug-likeness (QED) is 0.395. The van der Waals surface area contributed by atoms with Crippen molar-refractivity contribution in [2.45, 2.75) is 25.7 Å².